The van der Waals surface area contributed by atoms with Gasteiger partial charge in [0.05, 0.1) is 0 Å². The van der Waals surface area contributed by atoms with Crippen LogP contribution in [0.15, 0.2) is 18.2 Å². The summed E-state index contributed by atoms with van der Waals surface area (Å²) in [7, 11) is 4.36. The monoisotopic (exact) mass is 232 g/mol. The zero-order chi connectivity index (χ0) is 12.6. The first-order valence-corrected chi connectivity index (χ1v) is 6.55. The Balaban J connectivity index is 2.50. The molecule has 1 aliphatic rings. The van der Waals surface area contributed by atoms with Gasteiger partial charge in [0.25, 0.3) is 0 Å². The second-order valence-electron chi connectivity index (χ2n) is 5.73. The quantitative estimate of drug-likeness (QED) is 0.840. The van der Waals surface area contributed by atoms with Gasteiger partial charge in [0.1, 0.15) is 0 Å². The van der Waals surface area contributed by atoms with E-state index < -0.39 is 0 Å². The normalized spacial score (nSPS) is 23.7. The third kappa shape index (κ3) is 2.19. The molecule has 1 heterocycles. The van der Waals surface area contributed by atoms with E-state index in [-0.39, 0.29) is 0 Å². The highest BCUT2D eigenvalue weighted by atomic mass is 15.1. The maximum absolute atomic E-state index is 3.62. The predicted octanol–water partition coefficient (Wildman–Crippen LogP) is 3.47. The van der Waals surface area contributed by atoms with Crippen molar-refractivity contribution in [2.45, 2.75) is 32.7 Å². The van der Waals surface area contributed by atoms with E-state index in [4.69, 9.17) is 0 Å². The molecule has 0 aromatic heterocycles. The highest BCUT2D eigenvalue weighted by Gasteiger charge is 2.29. The summed E-state index contributed by atoms with van der Waals surface area (Å²) < 4.78 is 0. The molecule has 94 valence electrons. The van der Waals surface area contributed by atoms with Gasteiger partial charge in [0.15, 0.2) is 0 Å². The largest absolute Gasteiger partial charge is 0.384 e. The number of benzene rings is 1. The summed E-state index contributed by atoms with van der Waals surface area (Å²) in [6.07, 6.45) is 0. The molecule has 0 amide bonds. The predicted molar refractivity (Wildman–Crippen MR) is 74.6 cm³/mol. The zero-order valence-electron chi connectivity index (χ0n) is 11.6. The number of anilines is 1. The number of nitrogens with zero attached hydrogens (tertiary/aromatic N) is 1. The molecule has 0 saturated heterocycles. The van der Waals surface area contributed by atoms with Crippen molar-refractivity contribution in [3.63, 3.8) is 0 Å². The van der Waals surface area contributed by atoms with Crippen LogP contribution < -0.4 is 5.32 Å². The van der Waals surface area contributed by atoms with Crippen molar-refractivity contribution >= 4 is 5.69 Å². The average Bonchev–Trinajstić information content (AvgIpc) is 2.26. The second-order valence-corrected chi connectivity index (χ2v) is 5.73. The standard InChI is InChI=1S/C15H24N2/c1-10(2)12-7-6-8-13-14(12)16-9-11(3)15(13)17(4)5/h6-8,10-11,15-16H,9H2,1-5H3. The number of hydrogen-bond acceptors (Lipinski definition) is 2. The van der Waals surface area contributed by atoms with Crippen LogP contribution in [0.2, 0.25) is 0 Å². The molecule has 2 rings (SSSR count). The van der Waals surface area contributed by atoms with Crippen molar-refractivity contribution in [3.05, 3.63) is 29.3 Å². The summed E-state index contributed by atoms with van der Waals surface area (Å²) in [5, 5.41) is 3.62. The molecule has 2 atom stereocenters. The fourth-order valence-electron chi connectivity index (χ4n) is 2.99. The maximum Gasteiger partial charge on any atom is 0.0424 e. The summed E-state index contributed by atoms with van der Waals surface area (Å²) in [4.78, 5) is 2.34. The van der Waals surface area contributed by atoms with Crippen molar-refractivity contribution in [2.75, 3.05) is 26.0 Å². The van der Waals surface area contributed by atoms with Crippen LogP contribution in [0.4, 0.5) is 5.69 Å². The number of fused-ring (bicyclic) bond motifs is 1. The minimum absolute atomic E-state index is 0.532. The minimum Gasteiger partial charge on any atom is -0.384 e. The maximum atomic E-state index is 3.62. The van der Waals surface area contributed by atoms with E-state index in [2.05, 4.69) is 63.3 Å². The molecule has 2 nitrogen and oxygen atoms in total. The lowest BCUT2D eigenvalue weighted by Crippen LogP contribution is -2.34. The topological polar surface area (TPSA) is 15.3 Å². The molecule has 1 aliphatic heterocycles. The van der Waals surface area contributed by atoms with Crippen LogP contribution >= 0.6 is 0 Å². The molecule has 0 saturated carbocycles. The molecule has 1 aromatic carbocycles. The number of rotatable bonds is 2. The fraction of sp³-hybridized carbons (Fsp3) is 0.600. The molecule has 2 heteroatoms. The highest BCUT2D eigenvalue weighted by molar-refractivity contribution is 5.61. The summed E-state index contributed by atoms with van der Waals surface area (Å²) in [5.74, 6) is 1.23. The van der Waals surface area contributed by atoms with Crippen LogP contribution in [0, 0.1) is 5.92 Å². The van der Waals surface area contributed by atoms with Crippen molar-refractivity contribution in [1.82, 2.24) is 4.90 Å². The highest BCUT2D eigenvalue weighted by Crippen LogP contribution is 2.40. The van der Waals surface area contributed by atoms with Gasteiger partial charge in [-0.05, 0) is 37.1 Å². The third-order valence-electron chi connectivity index (χ3n) is 3.77. The Morgan fingerprint density at radius 2 is 2.00 bits per heavy atom. The molecular weight excluding hydrogens is 208 g/mol. The van der Waals surface area contributed by atoms with E-state index in [1.807, 2.05) is 0 Å². The van der Waals surface area contributed by atoms with Crippen LogP contribution in [0.1, 0.15) is 43.9 Å². The number of hydrogen-bond donors (Lipinski definition) is 1. The lowest BCUT2D eigenvalue weighted by molar-refractivity contribution is 0.225. The Kier molecular flexibility index (Phi) is 3.43. The van der Waals surface area contributed by atoms with Crippen molar-refractivity contribution in [2.24, 2.45) is 5.92 Å². The molecule has 2 unspecified atom stereocenters. The van der Waals surface area contributed by atoms with E-state index in [9.17, 15) is 0 Å². The Hall–Kier alpha value is -1.02. The molecule has 0 aliphatic carbocycles. The number of nitrogens with one attached hydrogen (secondary N) is 1. The molecule has 0 radical (unpaired) electrons. The van der Waals surface area contributed by atoms with Gasteiger partial charge in [-0.15, -0.1) is 0 Å². The number of para-hydroxylation sites is 1. The first-order chi connectivity index (χ1) is 8.02. The summed E-state index contributed by atoms with van der Waals surface area (Å²) in [6, 6.07) is 7.25. The van der Waals surface area contributed by atoms with E-state index in [0.29, 0.717) is 17.9 Å². The van der Waals surface area contributed by atoms with Crippen LogP contribution in [0.3, 0.4) is 0 Å². The van der Waals surface area contributed by atoms with Crippen LogP contribution in [-0.2, 0) is 0 Å². The van der Waals surface area contributed by atoms with Crippen LogP contribution in [-0.4, -0.2) is 25.5 Å². The molecule has 0 fully saturated rings. The lowest BCUT2D eigenvalue weighted by Gasteiger charge is -2.38. The van der Waals surface area contributed by atoms with Gasteiger partial charge in [-0.3, -0.25) is 0 Å². The Bertz CT molecular complexity index is 396. The first-order valence-electron chi connectivity index (χ1n) is 6.55. The fourth-order valence-corrected chi connectivity index (χ4v) is 2.99. The Morgan fingerprint density at radius 1 is 1.29 bits per heavy atom. The summed E-state index contributed by atoms with van der Waals surface area (Å²) in [6.45, 7) is 7.92. The summed E-state index contributed by atoms with van der Waals surface area (Å²) >= 11 is 0. The lowest BCUT2D eigenvalue weighted by atomic mass is 9.85. The zero-order valence-corrected chi connectivity index (χ0v) is 11.6. The van der Waals surface area contributed by atoms with E-state index in [0.717, 1.165) is 6.54 Å². The van der Waals surface area contributed by atoms with Gasteiger partial charge >= 0.3 is 0 Å². The second kappa shape index (κ2) is 4.69. The van der Waals surface area contributed by atoms with E-state index in [1.165, 1.54) is 16.8 Å². The average molecular weight is 232 g/mol. The van der Waals surface area contributed by atoms with E-state index >= 15 is 0 Å². The minimum atomic E-state index is 0.532. The van der Waals surface area contributed by atoms with Gasteiger partial charge in [0.2, 0.25) is 0 Å². The van der Waals surface area contributed by atoms with Crippen LogP contribution in [0.5, 0.6) is 0 Å². The third-order valence-corrected chi connectivity index (χ3v) is 3.77. The molecule has 1 N–H and O–H groups in total. The SMILES string of the molecule is CC(C)c1cccc2c1NCC(C)C2N(C)C. The van der Waals surface area contributed by atoms with Gasteiger partial charge in [-0.25, -0.2) is 0 Å². The van der Waals surface area contributed by atoms with E-state index in [1.54, 1.807) is 0 Å². The van der Waals surface area contributed by atoms with Gasteiger partial charge in [-0.1, -0.05) is 39.0 Å². The van der Waals surface area contributed by atoms with Crippen LogP contribution in [0.25, 0.3) is 0 Å². The Morgan fingerprint density at radius 3 is 2.59 bits per heavy atom. The first kappa shape index (κ1) is 12.4. The Labute approximate surface area is 105 Å². The van der Waals surface area contributed by atoms with Gasteiger partial charge < -0.3 is 10.2 Å². The molecule has 17 heavy (non-hydrogen) atoms. The van der Waals surface area contributed by atoms with Gasteiger partial charge in [-0.2, -0.15) is 0 Å². The molecule has 0 bridgehead atoms. The van der Waals surface area contributed by atoms with Crippen molar-refractivity contribution in [3.8, 4) is 0 Å². The van der Waals surface area contributed by atoms with Crippen molar-refractivity contribution < 1.29 is 0 Å². The molecule has 1 aromatic rings. The molecular formula is C15H24N2. The van der Waals surface area contributed by atoms with Gasteiger partial charge in [0, 0.05) is 18.3 Å². The van der Waals surface area contributed by atoms with Crippen molar-refractivity contribution in [1.29, 1.82) is 0 Å². The smallest absolute Gasteiger partial charge is 0.0424 e. The molecule has 0 spiro atoms. The summed E-state index contributed by atoms with van der Waals surface area (Å²) in [5.41, 5.74) is 4.28.